The lowest BCUT2D eigenvalue weighted by Crippen LogP contribution is -2.55. The topological polar surface area (TPSA) is 153 Å². The Balaban J connectivity index is 0.000000293. The predicted octanol–water partition coefficient (Wildman–Crippen LogP) is 2.46. The van der Waals surface area contributed by atoms with Gasteiger partial charge < -0.3 is 36.0 Å². The van der Waals surface area contributed by atoms with Gasteiger partial charge in [-0.3, -0.25) is 4.79 Å². The van der Waals surface area contributed by atoms with Gasteiger partial charge in [-0.05, 0) is 66.0 Å². The highest BCUT2D eigenvalue weighted by molar-refractivity contribution is 7.98. The van der Waals surface area contributed by atoms with Crippen LogP contribution in [0.4, 0.5) is 0 Å². The van der Waals surface area contributed by atoms with Crippen molar-refractivity contribution in [2.24, 2.45) is 5.73 Å². The number of benzene rings is 3. The number of aliphatic hydroxyl groups is 4. The summed E-state index contributed by atoms with van der Waals surface area (Å²) in [5, 5.41) is 48.3. The molecule has 8 nitrogen and oxygen atoms in total. The summed E-state index contributed by atoms with van der Waals surface area (Å²) in [7, 11) is 0. The number of aliphatic carboxylic acids is 1. The van der Waals surface area contributed by atoms with Crippen LogP contribution in [0.15, 0.2) is 77.7 Å². The molecule has 3 aromatic carbocycles. The van der Waals surface area contributed by atoms with Gasteiger partial charge in [-0.1, -0.05) is 60.7 Å². The van der Waals surface area contributed by atoms with E-state index in [0.717, 1.165) is 23.1 Å². The minimum Gasteiger partial charge on any atom is -0.480 e. The molecule has 210 valence electrons. The van der Waals surface area contributed by atoms with Crippen molar-refractivity contribution in [1.82, 2.24) is 0 Å². The van der Waals surface area contributed by atoms with Crippen molar-refractivity contribution >= 4 is 17.7 Å². The van der Waals surface area contributed by atoms with E-state index >= 15 is 0 Å². The van der Waals surface area contributed by atoms with E-state index in [1.807, 2.05) is 61.7 Å². The lowest BCUT2D eigenvalue weighted by atomic mass is 9.89. The van der Waals surface area contributed by atoms with Crippen LogP contribution in [0.25, 0.3) is 0 Å². The van der Waals surface area contributed by atoms with E-state index in [1.165, 1.54) is 10.5 Å². The van der Waals surface area contributed by atoms with Crippen LogP contribution < -0.4 is 5.73 Å². The molecule has 1 fully saturated rings. The molecule has 1 saturated heterocycles. The Morgan fingerprint density at radius 2 is 1.62 bits per heavy atom. The van der Waals surface area contributed by atoms with Crippen molar-refractivity contribution in [2.45, 2.75) is 61.2 Å². The van der Waals surface area contributed by atoms with Crippen molar-refractivity contribution in [3.05, 3.63) is 101 Å². The molecule has 0 aromatic heterocycles. The van der Waals surface area contributed by atoms with Crippen molar-refractivity contribution in [3.8, 4) is 0 Å². The zero-order valence-corrected chi connectivity index (χ0v) is 22.9. The number of rotatable bonds is 8. The van der Waals surface area contributed by atoms with Gasteiger partial charge >= 0.3 is 5.97 Å². The zero-order valence-electron chi connectivity index (χ0n) is 22.1. The number of aryl methyl sites for hydroxylation is 1. The molecule has 1 heterocycles. The summed E-state index contributed by atoms with van der Waals surface area (Å²) in [6, 6.07) is 22.7. The average molecular weight is 556 g/mol. The highest BCUT2D eigenvalue weighted by atomic mass is 32.2. The van der Waals surface area contributed by atoms with Crippen molar-refractivity contribution in [1.29, 1.82) is 0 Å². The number of hydrogen-bond acceptors (Lipinski definition) is 8. The van der Waals surface area contributed by atoms with Crippen LogP contribution in [0.2, 0.25) is 0 Å². The van der Waals surface area contributed by atoms with Gasteiger partial charge in [-0.2, -0.15) is 0 Å². The molecule has 0 unspecified atom stereocenters. The van der Waals surface area contributed by atoms with Crippen LogP contribution >= 0.6 is 11.8 Å². The molecule has 0 saturated carbocycles. The Kier molecular flexibility index (Phi) is 11.5. The monoisotopic (exact) mass is 555 g/mol. The molecular formula is C30H37NO7S. The van der Waals surface area contributed by atoms with Crippen LogP contribution in [0, 0.1) is 6.92 Å². The van der Waals surface area contributed by atoms with E-state index in [0.29, 0.717) is 12.0 Å². The highest BCUT2D eigenvalue weighted by Crippen LogP contribution is 2.33. The molecule has 3 aromatic rings. The van der Waals surface area contributed by atoms with Crippen LogP contribution in [0.3, 0.4) is 0 Å². The Morgan fingerprint density at radius 1 is 0.949 bits per heavy atom. The summed E-state index contributed by atoms with van der Waals surface area (Å²) in [5.41, 5.74) is 10.4. The van der Waals surface area contributed by atoms with Gasteiger partial charge in [0.15, 0.2) is 0 Å². The Morgan fingerprint density at radius 3 is 2.21 bits per heavy atom. The first-order valence-electron chi connectivity index (χ1n) is 12.7. The third kappa shape index (κ3) is 8.36. The fourth-order valence-electron chi connectivity index (χ4n) is 4.35. The van der Waals surface area contributed by atoms with E-state index < -0.39 is 49.1 Å². The minimum absolute atomic E-state index is 0.385. The SMILES string of the molecule is CSc1ccc(Cc2cc([C@@H]3O[C@H](CO)[C@@H](O)[C@H](O)[C@H]3O)ccc2C)cc1.N[C@H](Cc1ccccc1)C(=O)O. The fourth-order valence-corrected chi connectivity index (χ4v) is 4.76. The molecule has 39 heavy (non-hydrogen) atoms. The van der Waals surface area contributed by atoms with Crippen molar-refractivity contribution in [2.75, 3.05) is 12.9 Å². The van der Waals surface area contributed by atoms with E-state index in [-0.39, 0.29) is 0 Å². The van der Waals surface area contributed by atoms with Crippen molar-refractivity contribution in [3.63, 3.8) is 0 Å². The number of carboxylic acid groups (broad SMARTS) is 1. The van der Waals surface area contributed by atoms with Gasteiger partial charge in [0.05, 0.1) is 6.61 Å². The lowest BCUT2D eigenvalue weighted by molar-refractivity contribution is -0.231. The van der Waals surface area contributed by atoms with Gasteiger partial charge in [0, 0.05) is 4.90 Å². The van der Waals surface area contributed by atoms with E-state index in [1.54, 1.807) is 11.8 Å². The molecule has 4 rings (SSSR count). The molecule has 7 N–H and O–H groups in total. The van der Waals surface area contributed by atoms with Gasteiger partial charge in [0.25, 0.3) is 0 Å². The molecule has 0 amide bonds. The Labute approximate surface area is 233 Å². The number of carboxylic acids is 1. The third-order valence-corrected chi connectivity index (χ3v) is 7.51. The van der Waals surface area contributed by atoms with Crippen LogP contribution in [-0.4, -0.2) is 74.8 Å². The maximum atomic E-state index is 10.4. The molecule has 0 bridgehead atoms. The van der Waals surface area contributed by atoms with Gasteiger partial charge in [-0.15, -0.1) is 11.8 Å². The Bertz CT molecular complexity index is 1190. The summed E-state index contributed by atoms with van der Waals surface area (Å²) in [6.07, 6.45) is -2.52. The first-order chi connectivity index (χ1) is 18.6. The average Bonchev–Trinajstić information content (AvgIpc) is 2.94. The zero-order chi connectivity index (χ0) is 28.5. The number of carbonyl (C=O) groups is 1. The maximum absolute atomic E-state index is 10.4. The summed E-state index contributed by atoms with van der Waals surface area (Å²) in [5.74, 6) is -0.959. The number of ether oxygens (including phenoxy) is 1. The molecule has 9 heteroatoms. The fraction of sp³-hybridized carbons (Fsp3) is 0.367. The molecular weight excluding hydrogens is 518 g/mol. The first kappa shape index (κ1) is 30.8. The number of aliphatic hydroxyl groups excluding tert-OH is 4. The van der Waals surface area contributed by atoms with Gasteiger partial charge in [0.1, 0.15) is 36.6 Å². The number of hydrogen-bond donors (Lipinski definition) is 6. The second-order valence-electron chi connectivity index (χ2n) is 9.59. The molecule has 0 aliphatic carbocycles. The van der Waals surface area contributed by atoms with Crippen LogP contribution in [0.1, 0.15) is 33.9 Å². The molecule has 0 radical (unpaired) electrons. The summed E-state index contributed by atoms with van der Waals surface area (Å²) >= 11 is 1.70. The second kappa shape index (κ2) is 14.6. The summed E-state index contributed by atoms with van der Waals surface area (Å²) < 4.78 is 5.68. The molecule has 6 atom stereocenters. The van der Waals surface area contributed by atoms with E-state index in [9.17, 15) is 25.2 Å². The highest BCUT2D eigenvalue weighted by Gasteiger charge is 2.43. The van der Waals surface area contributed by atoms with Gasteiger partial charge in [0.2, 0.25) is 0 Å². The van der Waals surface area contributed by atoms with Crippen molar-refractivity contribution < 1.29 is 35.1 Å². The molecule has 1 aliphatic rings. The first-order valence-corrected chi connectivity index (χ1v) is 13.9. The molecule has 1 aliphatic heterocycles. The summed E-state index contributed by atoms with van der Waals surface area (Å²) in [6.45, 7) is 1.60. The quantitative estimate of drug-likeness (QED) is 0.230. The number of nitrogens with two attached hydrogens (primary N) is 1. The smallest absolute Gasteiger partial charge is 0.320 e. The maximum Gasteiger partial charge on any atom is 0.320 e. The van der Waals surface area contributed by atoms with Crippen LogP contribution in [0.5, 0.6) is 0 Å². The minimum atomic E-state index is -1.37. The number of thioether (sulfide) groups is 1. The standard InChI is InChI=1S/C21H26O5S.C9H11NO2/c1-12-3-6-14(21-20(25)19(24)18(23)17(11-22)26-21)10-15(12)9-13-4-7-16(27-2)8-5-13;10-8(9(11)12)6-7-4-2-1-3-5-7/h3-8,10,17-25H,9,11H2,1-2H3;1-5,8H,6,10H2,(H,11,12)/t17-,18-,19+,20-,21+;8-/m11/s1. The van der Waals surface area contributed by atoms with Crippen LogP contribution in [-0.2, 0) is 22.4 Å². The Hall–Kier alpha value is -2.76. The normalized spacial score (nSPS) is 23.4. The summed E-state index contributed by atoms with van der Waals surface area (Å²) in [4.78, 5) is 11.6. The lowest BCUT2D eigenvalue weighted by Gasteiger charge is -2.40. The largest absolute Gasteiger partial charge is 0.480 e. The third-order valence-electron chi connectivity index (χ3n) is 6.76. The van der Waals surface area contributed by atoms with Gasteiger partial charge in [-0.25, -0.2) is 0 Å². The van der Waals surface area contributed by atoms with E-state index in [4.69, 9.17) is 15.6 Å². The second-order valence-corrected chi connectivity index (χ2v) is 10.5. The molecule has 0 spiro atoms. The van der Waals surface area contributed by atoms with E-state index in [2.05, 4.69) is 24.3 Å². The predicted molar refractivity (Wildman–Crippen MR) is 151 cm³/mol.